The monoisotopic (exact) mass is 398 g/mol. The molecular weight excluding hydrogens is 368 g/mol. The summed E-state index contributed by atoms with van der Waals surface area (Å²) < 4.78 is 6.20. The Kier molecular flexibility index (Phi) is 7.00. The van der Waals surface area contributed by atoms with Crippen LogP contribution in [0.2, 0.25) is 0 Å². The predicted molar refractivity (Wildman–Crippen MR) is 111 cm³/mol. The lowest BCUT2D eigenvalue weighted by Gasteiger charge is -2.19. The molecule has 0 amide bonds. The van der Waals surface area contributed by atoms with Gasteiger partial charge in [-0.15, -0.1) is 11.8 Å². The van der Waals surface area contributed by atoms with E-state index in [4.69, 9.17) is 9.84 Å². The van der Waals surface area contributed by atoms with Crippen LogP contribution in [0.25, 0.3) is 0 Å². The van der Waals surface area contributed by atoms with Crippen molar-refractivity contribution in [3.63, 3.8) is 0 Å². The van der Waals surface area contributed by atoms with Crippen molar-refractivity contribution in [1.82, 2.24) is 0 Å². The molecule has 0 spiro atoms. The normalized spacial score (nSPS) is 27.4. The number of hydrogen-bond acceptors (Lipinski definition) is 4. The Bertz CT molecular complexity index is 820. The number of allylic oxidation sites excluding steroid dienone is 4. The maximum absolute atomic E-state index is 10.8. The van der Waals surface area contributed by atoms with Crippen LogP contribution in [0.3, 0.4) is 0 Å². The van der Waals surface area contributed by atoms with Gasteiger partial charge in [0.2, 0.25) is 0 Å². The lowest BCUT2D eigenvalue weighted by molar-refractivity contribution is -0.137. The summed E-state index contributed by atoms with van der Waals surface area (Å²) in [6.07, 6.45) is 9.84. The van der Waals surface area contributed by atoms with Crippen LogP contribution < -0.4 is 0 Å². The first kappa shape index (κ1) is 21.4. The van der Waals surface area contributed by atoms with Crippen molar-refractivity contribution in [2.75, 3.05) is 0 Å². The van der Waals surface area contributed by atoms with Gasteiger partial charge in [0.1, 0.15) is 11.9 Å². The number of aliphatic carboxylic acids is 1. The van der Waals surface area contributed by atoms with Crippen LogP contribution in [0.15, 0.2) is 46.8 Å². The van der Waals surface area contributed by atoms with Gasteiger partial charge in [-0.3, -0.25) is 4.79 Å². The Morgan fingerprint density at radius 1 is 1.45 bits per heavy atom. The van der Waals surface area contributed by atoms with E-state index in [1.54, 1.807) is 13.0 Å². The van der Waals surface area contributed by atoms with E-state index in [0.29, 0.717) is 25.7 Å². The molecule has 1 heterocycles. The van der Waals surface area contributed by atoms with Gasteiger partial charge in [-0.1, -0.05) is 31.2 Å². The molecule has 3 aliphatic rings. The van der Waals surface area contributed by atoms with Crippen LogP contribution in [0.5, 0.6) is 0 Å². The van der Waals surface area contributed by atoms with Gasteiger partial charge in [0, 0.05) is 30.8 Å². The Labute approximate surface area is 172 Å². The lowest BCUT2D eigenvalue weighted by Crippen LogP contribution is -2.17. The van der Waals surface area contributed by atoms with Gasteiger partial charge in [0.05, 0.1) is 12.2 Å². The summed E-state index contributed by atoms with van der Waals surface area (Å²) >= 11 is 0. The van der Waals surface area contributed by atoms with Crippen LogP contribution in [0, 0.1) is 23.7 Å². The number of carboxylic acids is 1. The fraction of sp³-hybridized carbons (Fsp3) is 0.542. The van der Waals surface area contributed by atoms with Crippen molar-refractivity contribution in [1.29, 1.82) is 0 Å². The smallest absolute Gasteiger partial charge is 0.303 e. The molecule has 0 aromatic rings. The standard InChI is InChI=1S/C24H30O5/c1-3-4-7-15(2)19(25)13-12-17-20(26)14-21-23(17)18-10-5-8-16(24(18)29-21)9-6-11-22(27)28/h5,8,12-13,15,17,19-21,25-26H,6-7,9-11,14H2,1-2H3,(H,27,28)/t15-,17-,19+,20+,21-/m0/s1. The highest BCUT2D eigenvalue weighted by atomic mass is 16.5. The van der Waals surface area contributed by atoms with E-state index in [9.17, 15) is 15.0 Å². The largest absolute Gasteiger partial charge is 0.485 e. The second-order valence-electron chi connectivity index (χ2n) is 8.06. The zero-order valence-electron chi connectivity index (χ0n) is 17.1. The summed E-state index contributed by atoms with van der Waals surface area (Å²) in [6.45, 7) is 3.75. The molecule has 5 nitrogen and oxygen atoms in total. The molecule has 1 aliphatic heterocycles. The Balaban J connectivity index is 1.78. The van der Waals surface area contributed by atoms with Crippen LogP contribution in [-0.4, -0.2) is 39.6 Å². The third kappa shape index (κ3) is 4.83. The number of aliphatic hydroxyl groups is 2. The summed E-state index contributed by atoms with van der Waals surface area (Å²) in [4.78, 5) is 10.8. The zero-order valence-corrected chi connectivity index (χ0v) is 17.1. The average Bonchev–Trinajstić information content (AvgIpc) is 3.19. The Hall–Kier alpha value is -2.29. The molecule has 3 rings (SSSR count). The molecule has 1 saturated carbocycles. The number of rotatable bonds is 8. The summed E-state index contributed by atoms with van der Waals surface area (Å²) in [7, 11) is 0. The molecule has 29 heavy (non-hydrogen) atoms. The summed E-state index contributed by atoms with van der Waals surface area (Å²) in [5.74, 6) is 5.79. The quantitative estimate of drug-likeness (QED) is 0.430. The maximum Gasteiger partial charge on any atom is 0.303 e. The van der Waals surface area contributed by atoms with E-state index in [0.717, 1.165) is 28.9 Å². The van der Waals surface area contributed by atoms with Crippen molar-refractivity contribution in [2.45, 2.75) is 70.7 Å². The first-order chi connectivity index (χ1) is 13.9. The predicted octanol–water partition coefficient (Wildman–Crippen LogP) is 3.50. The highest BCUT2D eigenvalue weighted by Gasteiger charge is 2.45. The van der Waals surface area contributed by atoms with Crippen molar-refractivity contribution >= 4 is 5.97 Å². The van der Waals surface area contributed by atoms with E-state index in [1.807, 2.05) is 19.1 Å². The summed E-state index contributed by atoms with van der Waals surface area (Å²) in [6, 6.07) is 0. The van der Waals surface area contributed by atoms with Crippen molar-refractivity contribution in [2.24, 2.45) is 11.8 Å². The van der Waals surface area contributed by atoms with E-state index < -0.39 is 18.2 Å². The molecule has 5 heteroatoms. The highest BCUT2D eigenvalue weighted by molar-refractivity contribution is 5.66. The molecule has 0 saturated heterocycles. The van der Waals surface area contributed by atoms with Crippen molar-refractivity contribution in [3.8, 4) is 11.8 Å². The first-order valence-corrected chi connectivity index (χ1v) is 10.4. The third-order valence-corrected chi connectivity index (χ3v) is 5.93. The molecular formula is C24H30O5. The molecule has 0 unspecified atom stereocenters. The van der Waals surface area contributed by atoms with Gasteiger partial charge in [-0.2, -0.15) is 0 Å². The SMILES string of the molecule is CC#CC[C@H](C)[C@H](O)C=C[C@@H]1C2=C3CC=CC(CCCC(=O)O)=C3O[C@H]2C[C@H]1O. The Morgan fingerprint density at radius 3 is 2.97 bits per heavy atom. The molecule has 0 bridgehead atoms. The summed E-state index contributed by atoms with van der Waals surface area (Å²) in [5, 5.41) is 29.9. The number of carbonyl (C=O) groups is 1. The number of carboxylic acid groups (broad SMARTS) is 1. The van der Waals surface area contributed by atoms with Crippen LogP contribution in [0.4, 0.5) is 0 Å². The summed E-state index contributed by atoms with van der Waals surface area (Å²) in [5.41, 5.74) is 3.27. The van der Waals surface area contributed by atoms with Crippen LogP contribution in [0.1, 0.15) is 52.4 Å². The molecule has 5 atom stereocenters. The van der Waals surface area contributed by atoms with Crippen LogP contribution in [-0.2, 0) is 9.53 Å². The molecule has 1 fully saturated rings. The maximum atomic E-state index is 10.8. The van der Waals surface area contributed by atoms with E-state index in [1.165, 1.54) is 0 Å². The highest BCUT2D eigenvalue weighted by Crippen LogP contribution is 2.48. The molecule has 2 aliphatic carbocycles. The van der Waals surface area contributed by atoms with Crippen molar-refractivity contribution in [3.05, 3.63) is 46.8 Å². The van der Waals surface area contributed by atoms with E-state index in [-0.39, 0.29) is 24.4 Å². The number of ether oxygens (including phenoxy) is 1. The zero-order chi connectivity index (χ0) is 21.0. The third-order valence-electron chi connectivity index (χ3n) is 5.93. The second kappa shape index (κ2) is 9.47. The second-order valence-corrected chi connectivity index (χ2v) is 8.06. The first-order valence-electron chi connectivity index (χ1n) is 10.4. The van der Waals surface area contributed by atoms with Gasteiger partial charge in [-0.05, 0) is 43.3 Å². The molecule has 156 valence electrons. The Morgan fingerprint density at radius 2 is 2.24 bits per heavy atom. The molecule has 0 aromatic heterocycles. The topological polar surface area (TPSA) is 87.0 Å². The van der Waals surface area contributed by atoms with E-state index in [2.05, 4.69) is 17.9 Å². The van der Waals surface area contributed by atoms with E-state index >= 15 is 0 Å². The number of aliphatic hydroxyl groups excluding tert-OH is 2. The minimum absolute atomic E-state index is 0.0273. The van der Waals surface area contributed by atoms with Gasteiger partial charge in [0.25, 0.3) is 0 Å². The minimum atomic E-state index is -0.788. The van der Waals surface area contributed by atoms with Gasteiger partial charge >= 0.3 is 5.97 Å². The fourth-order valence-corrected chi connectivity index (χ4v) is 4.31. The van der Waals surface area contributed by atoms with Gasteiger partial charge in [-0.25, -0.2) is 0 Å². The van der Waals surface area contributed by atoms with Gasteiger partial charge in [0.15, 0.2) is 0 Å². The molecule has 0 aromatic carbocycles. The van der Waals surface area contributed by atoms with Crippen molar-refractivity contribution < 1.29 is 24.9 Å². The minimum Gasteiger partial charge on any atom is -0.485 e. The fourth-order valence-electron chi connectivity index (χ4n) is 4.31. The lowest BCUT2D eigenvalue weighted by atomic mass is 9.88. The number of fused-ring (bicyclic) bond motifs is 2. The number of hydrogen-bond donors (Lipinski definition) is 3. The van der Waals surface area contributed by atoms with Crippen LogP contribution >= 0.6 is 0 Å². The van der Waals surface area contributed by atoms with Gasteiger partial charge < -0.3 is 20.1 Å². The molecule has 3 N–H and O–H groups in total. The average molecular weight is 398 g/mol. The molecule has 0 radical (unpaired) electrons.